The maximum atomic E-state index is 11.9. The van der Waals surface area contributed by atoms with Crippen molar-refractivity contribution in [1.82, 2.24) is 10.2 Å². The molecule has 94 valence electrons. The lowest BCUT2D eigenvalue weighted by molar-refractivity contribution is -0.124. The topological polar surface area (TPSA) is 69.6 Å². The zero-order valence-corrected chi connectivity index (χ0v) is 9.74. The Morgan fingerprint density at radius 2 is 2.06 bits per heavy atom. The van der Waals surface area contributed by atoms with Gasteiger partial charge in [-0.15, -0.1) is 0 Å². The second-order valence-corrected chi connectivity index (χ2v) is 4.03. The van der Waals surface area contributed by atoms with E-state index in [1.165, 1.54) is 6.20 Å². The van der Waals surface area contributed by atoms with Gasteiger partial charge < -0.3 is 10.4 Å². The second kappa shape index (κ2) is 5.35. The van der Waals surface area contributed by atoms with Crippen LogP contribution < -0.4 is 5.32 Å². The Kier molecular flexibility index (Phi) is 3.62. The molecule has 0 aromatic heterocycles. The Morgan fingerprint density at radius 3 is 2.72 bits per heavy atom. The number of carbonyl (C=O) groups is 2. The molecule has 1 aliphatic rings. The summed E-state index contributed by atoms with van der Waals surface area (Å²) in [5.74, 6) is -0.272. The van der Waals surface area contributed by atoms with Crippen molar-refractivity contribution < 1.29 is 14.7 Å². The van der Waals surface area contributed by atoms with Crippen LogP contribution in [0.4, 0.5) is 4.79 Å². The largest absolute Gasteiger partial charge is 0.465 e. The summed E-state index contributed by atoms with van der Waals surface area (Å²) in [4.78, 5) is 23.8. The van der Waals surface area contributed by atoms with Crippen molar-refractivity contribution in [2.24, 2.45) is 0 Å². The molecule has 0 radical (unpaired) electrons. The maximum absolute atomic E-state index is 11.9. The van der Waals surface area contributed by atoms with Crippen LogP contribution in [0, 0.1) is 0 Å². The molecule has 2 N–H and O–H groups in total. The van der Waals surface area contributed by atoms with Crippen LogP contribution in [0.1, 0.15) is 12.0 Å². The number of nitrogens with zero attached hydrogens (tertiary/aromatic N) is 1. The summed E-state index contributed by atoms with van der Waals surface area (Å²) in [6.45, 7) is 0.406. The molecule has 0 spiro atoms. The summed E-state index contributed by atoms with van der Waals surface area (Å²) < 4.78 is 0. The fraction of sp³-hybridized carbons (Fsp3) is 0.231. The number of benzene rings is 1. The predicted octanol–water partition coefficient (Wildman–Crippen LogP) is 1.57. The van der Waals surface area contributed by atoms with Gasteiger partial charge in [0.15, 0.2) is 0 Å². The SMILES string of the molecule is O=C(NCc1ccccc1)C1CC=CN1C(=O)O. The molecule has 2 rings (SSSR count). The van der Waals surface area contributed by atoms with Crippen LogP contribution >= 0.6 is 0 Å². The molecule has 5 heteroatoms. The van der Waals surface area contributed by atoms with Crippen LogP contribution in [0.5, 0.6) is 0 Å². The Labute approximate surface area is 105 Å². The molecule has 0 aliphatic carbocycles. The summed E-state index contributed by atoms with van der Waals surface area (Å²) in [5, 5.41) is 11.7. The number of carboxylic acid groups (broad SMARTS) is 1. The zero-order chi connectivity index (χ0) is 13.0. The third-order valence-corrected chi connectivity index (χ3v) is 2.79. The highest BCUT2D eigenvalue weighted by molar-refractivity contribution is 5.86. The van der Waals surface area contributed by atoms with Crippen LogP contribution in [0.25, 0.3) is 0 Å². The molecule has 1 aromatic rings. The number of amides is 2. The molecule has 1 atom stereocenters. The molecule has 0 fully saturated rings. The standard InChI is InChI=1S/C13H14N2O3/c16-12(11-7-4-8-15(11)13(17)18)14-9-10-5-2-1-3-6-10/h1-6,8,11H,7,9H2,(H,14,16)(H,17,18). The normalized spacial score (nSPS) is 17.8. The Balaban J connectivity index is 1.91. The zero-order valence-electron chi connectivity index (χ0n) is 9.74. The summed E-state index contributed by atoms with van der Waals surface area (Å²) in [5.41, 5.74) is 0.985. The summed E-state index contributed by atoms with van der Waals surface area (Å²) in [7, 11) is 0. The van der Waals surface area contributed by atoms with Gasteiger partial charge in [-0.3, -0.25) is 9.69 Å². The lowest BCUT2D eigenvalue weighted by atomic mass is 10.2. The van der Waals surface area contributed by atoms with E-state index in [-0.39, 0.29) is 5.91 Å². The average molecular weight is 246 g/mol. The first kappa shape index (κ1) is 12.2. The minimum Gasteiger partial charge on any atom is -0.465 e. The van der Waals surface area contributed by atoms with E-state index in [0.717, 1.165) is 10.5 Å². The van der Waals surface area contributed by atoms with E-state index in [0.29, 0.717) is 13.0 Å². The Morgan fingerprint density at radius 1 is 1.33 bits per heavy atom. The van der Waals surface area contributed by atoms with E-state index < -0.39 is 12.1 Å². The van der Waals surface area contributed by atoms with Gasteiger partial charge >= 0.3 is 6.09 Å². The van der Waals surface area contributed by atoms with E-state index in [2.05, 4.69) is 5.32 Å². The Hall–Kier alpha value is -2.30. The van der Waals surface area contributed by atoms with Crippen molar-refractivity contribution in [3.63, 3.8) is 0 Å². The van der Waals surface area contributed by atoms with Crippen molar-refractivity contribution in [1.29, 1.82) is 0 Å². The molecule has 0 saturated carbocycles. The van der Waals surface area contributed by atoms with E-state index in [9.17, 15) is 9.59 Å². The summed E-state index contributed by atoms with van der Waals surface area (Å²) in [6, 6.07) is 8.85. The van der Waals surface area contributed by atoms with E-state index in [1.807, 2.05) is 30.3 Å². The molecule has 1 aliphatic heterocycles. The molecule has 0 bridgehead atoms. The van der Waals surface area contributed by atoms with Gasteiger partial charge in [-0.25, -0.2) is 4.79 Å². The van der Waals surface area contributed by atoms with Gasteiger partial charge in [-0.1, -0.05) is 36.4 Å². The van der Waals surface area contributed by atoms with Crippen molar-refractivity contribution in [3.8, 4) is 0 Å². The first-order chi connectivity index (χ1) is 8.68. The summed E-state index contributed by atoms with van der Waals surface area (Å²) in [6.07, 6.45) is 2.42. The number of rotatable bonds is 3. The lowest BCUT2D eigenvalue weighted by Crippen LogP contribution is -2.44. The maximum Gasteiger partial charge on any atom is 0.412 e. The van der Waals surface area contributed by atoms with Crippen LogP contribution in [-0.2, 0) is 11.3 Å². The molecule has 18 heavy (non-hydrogen) atoms. The average Bonchev–Trinajstić information content (AvgIpc) is 2.86. The minimum absolute atomic E-state index is 0.272. The highest BCUT2D eigenvalue weighted by Crippen LogP contribution is 2.14. The van der Waals surface area contributed by atoms with Crippen LogP contribution in [0.15, 0.2) is 42.6 Å². The van der Waals surface area contributed by atoms with Crippen molar-refractivity contribution >= 4 is 12.0 Å². The van der Waals surface area contributed by atoms with E-state index >= 15 is 0 Å². The Bertz CT molecular complexity index is 470. The van der Waals surface area contributed by atoms with Gasteiger partial charge in [-0.2, -0.15) is 0 Å². The summed E-state index contributed by atoms with van der Waals surface area (Å²) >= 11 is 0. The molecule has 1 aromatic carbocycles. The molecular formula is C13H14N2O3. The molecule has 0 saturated heterocycles. The van der Waals surface area contributed by atoms with E-state index in [1.54, 1.807) is 6.08 Å². The lowest BCUT2D eigenvalue weighted by Gasteiger charge is -2.19. The monoisotopic (exact) mass is 246 g/mol. The highest BCUT2D eigenvalue weighted by Gasteiger charge is 2.30. The van der Waals surface area contributed by atoms with E-state index in [4.69, 9.17) is 5.11 Å². The fourth-order valence-electron chi connectivity index (χ4n) is 1.85. The van der Waals surface area contributed by atoms with Gasteiger partial charge in [0.05, 0.1) is 0 Å². The van der Waals surface area contributed by atoms with Crippen LogP contribution in [0.3, 0.4) is 0 Å². The number of hydrogen-bond acceptors (Lipinski definition) is 2. The quantitative estimate of drug-likeness (QED) is 0.850. The second-order valence-electron chi connectivity index (χ2n) is 4.03. The van der Waals surface area contributed by atoms with Crippen molar-refractivity contribution in [2.45, 2.75) is 19.0 Å². The van der Waals surface area contributed by atoms with Crippen LogP contribution in [0.2, 0.25) is 0 Å². The molecule has 1 unspecified atom stereocenters. The molecule has 1 heterocycles. The minimum atomic E-state index is -1.11. The molecular weight excluding hydrogens is 232 g/mol. The predicted molar refractivity (Wildman–Crippen MR) is 65.7 cm³/mol. The number of hydrogen-bond donors (Lipinski definition) is 2. The van der Waals surface area contributed by atoms with Gasteiger partial charge in [0.1, 0.15) is 6.04 Å². The van der Waals surface area contributed by atoms with Gasteiger partial charge in [0.2, 0.25) is 5.91 Å². The number of carbonyl (C=O) groups excluding carboxylic acids is 1. The van der Waals surface area contributed by atoms with Gasteiger partial charge in [0, 0.05) is 12.7 Å². The van der Waals surface area contributed by atoms with Gasteiger partial charge in [-0.05, 0) is 12.0 Å². The first-order valence-electron chi connectivity index (χ1n) is 5.68. The third kappa shape index (κ3) is 2.68. The smallest absolute Gasteiger partial charge is 0.412 e. The highest BCUT2D eigenvalue weighted by atomic mass is 16.4. The number of nitrogens with one attached hydrogen (secondary N) is 1. The van der Waals surface area contributed by atoms with Crippen molar-refractivity contribution in [3.05, 3.63) is 48.2 Å². The van der Waals surface area contributed by atoms with Gasteiger partial charge in [0.25, 0.3) is 0 Å². The molecule has 2 amide bonds. The van der Waals surface area contributed by atoms with Crippen molar-refractivity contribution in [2.75, 3.05) is 0 Å². The van der Waals surface area contributed by atoms with Crippen LogP contribution in [-0.4, -0.2) is 28.0 Å². The fourth-order valence-corrected chi connectivity index (χ4v) is 1.85. The first-order valence-corrected chi connectivity index (χ1v) is 5.68. The molecule has 5 nitrogen and oxygen atoms in total. The third-order valence-electron chi connectivity index (χ3n) is 2.79.